The number of hydrogen-bond acceptors (Lipinski definition) is 2. The summed E-state index contributed by atoms with van der Waals surface area (Å²) in [6, 6.07) is 13.4. The first-order valence-electron chi connectivity index (χ1n) is 9.78. The van der Waals surface area contributed by atoms with Crippen LogP contribution >= 0.6 is 11.6 Å². The van der Waals surface area contributed by atoms with Crippen LogP contribution in [0.15, 0.2) is 42.5 Å². The Morgan fingerprint density at radius 1 is 1.04 bits per heavy atom. The number of para-hydroxylation sites is 2. The third-order valence-corrected chi connectivity index (χ3v) is 5.58. The summed E-state index contributed by atoms with van der Waals surface area (Å²) in [7, 11) is 0. The number of benzene rings is 2. The predicted octanol–water partition coefficient (Wildman–Crippen LogP) is 5.58. The predicted molar refractivity (Wildman–Crippen MR) is 115 cm³/mol. The highest BCUT2D eigenvalue weighted by molar-refractivity contribution is 6.33. The van der Waals surface area contributed by atoms with E-state index in [1.807, 2.05) is 24.3 Å². The summed E-state index contributed by atoms with van der Waals surface area (Å²) in [5.41, 5.74) is 3.79. The average Bonchev–Trinajstić information content (AvgIpc) is 3.03. The van der Waals surface area contributed by atoms with Crippen molar-refractivity contribution in [2.75, 3.05) is 16.8 Å². The molecule has 0 radical (unpaired) electrons. The molecule has 0 bridgehead atoms. The largest absolute Gasteiger partial charge is 0.325 e. The van der Waals surface area contributed by atoms with Crippen LogP contribution < -0.4 is 10.2 Å². The highest BCUT2D eigenvalue weighted by atomic mass is 35.5. The number of carbonyl (C=O) groups is 2. The molecule has 2 aromatic rings. The summed E-state index contributed by atoms with van der Waals surface area (Å²) in [6.45, 7) is 8.82. The summed E-state index contributed by atoms with van der Waals surface area (Å²) in [4.78, 5) is 27.2. The third-order valence-electron chi connectivity index (χ3n) is 5.26. The van der Waals surface area contributed by atoms with E-state index in [1.54, 1.807) is 11.0 Å². The standard InChI is InChI=1S/C23H27ClN2O2/c1-14(2)17-8-7-9-18(15(3)4)22(17)25-23(28)16-12-21(27)26(13-16)20-11-6-5-10-19(20)24/h5-11,14-16H,12-13H2,1-4H3,(H,25,28). The van der Waals surface area contributed by atoms with Gasteiger partial charge < -0.3 is 10.2 Å². The van der Waals surface area contributed by atoms with Crippen LogP contribution in [0.5, 0.6) is 0 Å². The Bertz CT molecular complexity index is 866. The van der Waals surface area contributed by atoms with Gasteiger partial charge in [-0.1, -0.05) is 69.6 Å². The van der Waals surface area contributed by atoms with Gasteiger partial charge in [-0.05, 0) is 35.1 Å². The van der Waals surface area contributed by atoms with Crippen LogP contribution in [0.2, 0.25) is 5.02 Å². The minimum absolute atomic E-state index is 0.0746. The molecule has 1 fully saturated rings. The second-order valence-corrected chi connectivity index (χ2v) is 8.37. The Labute approximate surface area is 171 Å². The molecule has 1 unspecified atom stereocenters. The minimum atomic E-state index is -0.399. The van der Waals surface area contributed by atoms with Crippen LogP contribution in [-0.4, -0.2) is 18.4 Å². The van der Waals surface area contributed by atoms with E-state index in [2.05, 4.69) is 45.1 Å². The zero-order valence-electron chi connectivity index (χ0n) is 16.8. The van der Waals surface area contributed by atoms with Gasteiger partial charge in [0, 0.05) is 18.7 Å². The molecule has 28 heavy (non-hydrogen) atoms. The summed E-state index contributed by atoms with van der Waals surface area (Å²) < 4.78 is 0. The summed E-state index contributed by atoms with van der Waals surface area (Å²) in [5, 5.41) is 3.66. The van der Waals surface area contributed by atoms with Crippen molar-refractivity contribution in [3.63, 3.8) is 0 Å². The molecule has 0 spiro atoms. The van der Waals surface area contributed by atoms with Crippen molar-refractivity contribution in [1.29, 1.82) is 0 Å². The molecule has 1 saturated heterocycles. The average molecular weight is 399 g/mol. The molecule has 0 aliphatic carbocycles. The van der Waals surface area contributed by atoms with Crippen molar-refractivity contribution in [1.82, 2.24) is 0 Å². The van der Waals surface area contributed by atoms with Crippen molar-refractivity contribution in [2.45, 2.75) is 46.0 Å². The quantitative estimate of drug-likeness (QED) is 0.714. The molecule has 148 valence electrons. The normalized spacial score (nSPS) is 16.9. The number of amides is 2. The van der Waals surface area contributed by atoms with Crippen molar-refractivity contribution in [3.05, 3.63) is 58.6 Å². The van der Waals surface area contributed by atoms with Crippen molar-refractivity contribution in [3.8, 4) is 0 Å². The molecule has 2 aromatic carbocycles. The first-order valence-corrected chi connectivity index (χ1v) is 10.2. The van der Waals surface area contributed by atoms with Gasteiger partial charge in [-0.15, -0.1) is 0 Å². The monoisotopic (exact) mass is 398 g/mol. The van der Waals surface area contributed by atoms with Crippen LogP contribution in [0.3, 0.4) is 0 Å². The van der Waals surface area contributed by atoms with E-state index in [0.717, 1.165) is 16.8 Å². The second-order valence-electron chi connectivity index (χ2n) is 7.97. The van der Waals surface area contributed by atoms with Gasteiger partial charge in [0.1, 0.15) is 0 Å². The number of nitrogens with zero attached hydrogens (tertiary/aromatic N) is 1. The van der Waals surface area contributed by atoms with Gasteiger partial charge in [0.05, 0.1) is 16.6 Å². The van der Waals surface area contributed by atoms with Gasteiger partial charge >= 0.3 is 0 Å². The van der Waals surface area contributed by atoms with Crippen LogP contribution in [0, 0.1) is 5.92 Å². The van der Waals surface area contributed by atoms with Gasteiger partial charge in [0.15, 0.2) is 0 Å². The van der Waals surface area contributed by atoms with Gasteiger partial charge in [-0.25, -0.2) is 0 Å². The lowest BCUT2D eigenvalue weighted by molar-refractivity contribution is -0.122. The van der Waals surface area contributed by atoms with E-state index in [1.165, 1.54) is 0 Å². The maximum absolute atomic E-state index is 13.0. The lowest BCUT2D eigenvalue weighted by Crippen LogP contribution is -2.29. The number of hydrogen-bond donors (Lipinski definition) is 1. The fraction of sp³-hybridized carbons (Fsp3) is 0.391. The topological polar surface area (TPSA) is 49.4 Å². The fourth-order valence-corrected chi connectivity index (χ4v) is 3.95. The molecule has 1 aliphatic heterocycles. The van der Waals surface area contributed by atoms with Crippen molar-refractivity contribution in [2.24, 2.45) is 5.92 Å². The molecule has 2 amide bonds. The van der Waals surface area contributed by atoms with Gasteiger partial charge in [-0.2, -0.15) is 0 Å². The molecule has 0 aromatic heterocycles. The molecule has 1 aliphatic rings. The molecule has 0 saturated carbocycles. The molecule has 5 heteroatoms. The summed E-state index contributed by atoms with van der Waals surface area (Å²) >= 11 is 6.24. The first-order chi connectivity index (χ1) is 13.3. The fourth-order valence-electron chi connectivity index (χ4n) is 3.71. The van der Waals surface area contributed by atoms with Crippen LogP contribution in [-0.2, 0) is 9.59 Å². The van der Waals surface area contributed by atoms with Gasteiger partial charge in [0.2, 0.25) is 11.8 Å². The molecular formula is C23H27ClN2O2. The highest BCUT2D eigenvalue weighted by Crippen LogP contribution is 2.35. The number of halogens is 1. The lowest BCUT2D eigenvalue weighted by Gasteiger charge is -2.22. The zero-order chi connectivity index (χ0) is 20.4. The maximum atomic E-state index is 13.0. The molecule has 4 nitrogen and oxygen atoms in total. The lowest BCUT2D eigenvalue weighted by atomic mass is 9.92. The van der Waals surface area contributed by atoms with E-state index in [0.29, 0.717) is 29.1 Å². The van der Waals surface area contributed by atoms with Gasteiger partial charge in [-0.3, -0.25) is 9.59 Å². The Morgan fingerprint density at radius 3 is 2.21 bits per heavy atom. The Morgan fingerprint density at radius 2 is 1.64 bits per heavy atom. The third kappa shape index (κ3) is 4.07. The van der Waals surface area contributed by atoms with E-state index >= 15 is 0 Å². The summed E-state index contributed by atoms with van der Waals surface area (Å²) in [6.07, 6.45) is 0.192. The Balaban J connectivity index is 1.83. The smallest absolute Gasteiger partial charge is 0.229 e. The molecule has 3 rings (SSSR count). The zero-order valence-corrected chi connectivity index (χ0v) is 17.6. The van der Waals surface area contributed by atoms with Crippen molar-refractivity contribution >= 4 is 34.8 Å². The second kappa shape index (κ2) is 8.36. The number of nitrogens with one attached hydrogen (secondary N) is 1. The number of anilines is 2. The minimum Gasteiger partial charge on any atom is -0.325 e. The van der Waals surface area contributed by atoms with Crippen LogP contribution in [0.25, 0.3) is 0 Å². The molecule has 1 heterocycles. The number of rotatable bonds is 5. The van der Waals surface area contributed by atoms with Crippen LogP contribution in [0.1, 0.15) is 57.1 Å². The van der Waals surface area contributed by atoms with E-state index in [9.17, 15) is 9.59 Å². The number of carbonyl (C=O) groups excluding carboxylic acids is 2. The SMILES string of the molecule is CC(C)c1cccc(C(C)C)c1NC(=O)C1CC(=O)N(c2ccccc2Cl)C1. The van der Waals surface area contributed by atoms with E-state index in [-0.39, 0.29) is 18.2 Å². The Hall–Kier alpha value is -2.33. The van der Waals surface area contributed by atoms with E-state index < -0.39 is 5.92 Å². The summed E-state index contributed by atoms with van der Waals surface area (Å²) in [5.74, 6) is -0.00551. The molecule has 1 N–H and O–H groups in total. The van der Waals surface area contributed by atoms with Crippen LogP contribution in [0.4, 0.5) is 11.4 Å². The maximum Gasteiger partial charge on any atom is 0.229 e. The van der Waals surface area contributed by atoms with Gasteiger partial charge in [0.25, 0.3) is 0 Å². The van der Waals surface area contributed by atoms with E-state index in [4.69, 9.17) is 11.6 Å². The highest BCUT2D eigenvalue weighted by Gasteiger charge is 2.36. The molecular weight excluding hydrogens is 372 g/mol. The Kier molecular flexibility index (Phi) is 6.09. The first kappa shape index (κ1) is 20.4. The van der Waals surface area contributed by atoms with Crippen molar-refractivity contribution < 1.29 is 9.59 Å². The molecule has 1 atom stereocenters.